The Kier molecular flexibility index (Phi) is 4.57. The number of benzene rings is 2. The van der Waals surface area contributed by atoms with Gasteiger partial charge < -0.3 is 15.0 Å². The first-order valence-electron chi connectivity index (χ1n) is 8.43. The lowest BCUT2D eigenvalue weighted by atomic mass is 10.2. The van der Waals surface area contributed by atoms with E-state index in [1.165, 1.54) is 18.2 Å². The second kappa shape index (κ2) is 7.33. The average Bonchev–Trinajstić information content (AvgIpc) is 3.21. The summed E-state index contributed by atoms with van der Waals surface area (Å²) in [6, 6.07) is 15.3. The van der Waals surface area contributed by atoms with E-state index in [0.717, 1.165) is 5.56 Å². The highest BCUT2D eigenvalue weighted by Crippen LogP contribution is 2.23. The molecule has 136 valence electrons. The van der Waals surface area contributed by atoms with Gasteiger partial charge >= 0.3 is 0 Å². The molecule has 1 aliphatic rings. The molecular weight excluding hydrogens is 347 g/mol. The number of aromatic nitrogens is 2. The van der Waals surface area contributed by atoms with E-state index in [-0.39, 0.29) is 18.0 Å². The summed E-state index contributed by atoms with van der Waals surface area (Å²) >= 11 is 0. The van der Waals surface area contributed by atoms with Crippen LogP contribution >= 0.6 is 0 Å². The van der Waals surface area contributed by atoms with Gasteiger partial charge in [-0.2, -0.15) is 5.10 Å². The number of ether oxygens (including phenoxy) is 1. The van der Waals surface area contributed by atoms with Crippen molar-refractivity contribution in [2.45, 2.75) is 12.8 Å². The SMILES string of the molecule is O=C1C=CN(Cc2ccc(Oc3ccc(F)cc3)cc2)C(n2cccn2)N1. The molecule has 0 fully saturated rings. The average molecular weight is 364 g/mol. The molecule has 3 aromatic rings. The fraction of sp³-hybridized carbons (Fsp3) is 0.100. The third-order valence-electron chi connectivity index (χ3n) is 4.12. The van der Waals surface area contributed by atoms with Crippen LogP contribution in [-0.2, 0) is 11.3 Å². The smallest absolute Gasteiger partial charge is 0.248 e. The fourth-order valence-electron chi connectivity index (χ4n) is 2.80. The van der Waals surface area contributed by atoms with Crippen LogP contribution in [0.2, 0.25) is 0 Å². The summed E-state index contributed by atoms with van der Waals surface area (Å²) in [6.45, 7) is 0.581. The van der Waals surface area contributed by atoms with Crippen LogP contribution < -0.4 is 10.1 Å². The Morgan fingerprint density at radius 3 is 2.44 bits per heavy atom. The number of amides is 1. The second-order valence-corrected chi connectivity index (χ2v) is 6.06. The van der Waals surface area contributed by atoms with Crippen molar-refractivity contribution in [2.75, 3.05) is 0 Å². The Hall–Kier alpha value is -3.61. The summed E-state index contributed by atoms with van der Waals surface area (Å²) in [4.78, 5) is 13.7. The summed E-state index contributed by atoms with van der Waals surface area (Å²) in [6.07, 6.45) is 6.34. The largest absolute Gasteiger partial charge is 0.457 e. The normalized spacial score (nSPS) is 16.3. The highest BCUT2D eigenvalue weighted by Gasteiger charge is 2.23. The van der Waals surface area contributed by atoms with Gasteiger partial charge in [-0.3, -0.25) is 4.79 Å². The van der Waals surface area contributed by atoms with Crippen LogP contribution in [0.25, 0.3) is 0 Å². The van der Waals surface area contributed by atoms with E-state index in [4.69, 9.17) is 4.74 Å². The number of hydrogen-bond donors (Lipinski definition) is 1. The number of carbonyl (C=O) groups excluding carboxylic acids is 1. The molecule has 0 spiro atoms. The summed E-state index contributed by atoms with van der Waals surface area (Å²) in [5.74, 6) is 0.780. The molecule has 6 nitrogen and oxygen atoms in total. The summed E-state index contributed by atoms with van der Waals surface area (Å²) in [5, 5.41) is 7.10. The van der Waals surface area contributed by atoms with Crippen LogP contribution in [0.15, 0.2) is 79.3 Å². The number of halogens is 1. The molecule has 1 aromatic heterocycles. The second-order valence-electron chi connectivity index (χ2n) is 6.06. The van der Waals surface area contributed by atoms with Crippen molar-refractivity contribution in [1.82, 2.24) is 20.0 Å². The van der Waals surface area contributed by atoms with Gasteiger partial charge in [0, 0.05) is 31.2 Å². The number of rotatable bonds is 5. The molecule has 1 N–H and O–H groups in total. The molecule has 0 saturated heterocycles. The first-order valence-corrected chi connectivity index (χ1v) is 8.43. The minimum absolute atomic E-state index is 0.158. The molecule has 0 radical (unpaired) electrons. The molecule has 0 saturated carbocycles. The lowest BCUT2D eigenvalue weighted by Crippen LogP contribution is -2.44. The van der Waals surface area contributed by atoms with Gasteiger partial charge in [0.05, 0.1) is 0 Å². The Balaban J connectivity index is 1.46. The van der Waals surface area contributed by atoms with Crippen molar-refractivity contribution in [2.24, 2.45) is 0 Å². The van der Waals surface area contributed by atoms with Crippen molar-refractivity contribution < 1.29 is 13.9 Å². The molecule has 7 heteroatoms. The molecule has 1 unspecified atom stereocenters. The van der Waals surface area contributed by atoms with Crippen molar-refractivity contribution in [3.8, 4) is 11.5 Å². The number of nitrogens with one attached hydrogen (secondary N) is 1. The van der Waals surface area contributed by atoms with Gasteiger partial charge in [-0.05, 0) is 48.0 Å². The Morgan fingerprint density at radius 1 is 1.07 bits per heavy atom. The zero-order valence-corrected chi connectivity index (χ0v) is 14.3. The van der Waals surface area contributed by atoms with Crippen LogP contribution in [0.1, 0.15) is 11.9 Å². The van der Waals surface area contributed by atoms with Gasteiger partial charge in [0.1, 0.15) is 17.3 Å². The van der Waals surface area contributed by atoms with Gasteiger partial charge in [-0.25, -0.2) is 9.07 Å². The topological polar surface area (TPSA) is 59.4 Å². The molecule has 2 heterocycles. The van der Waals surface area contributed by atoms with Crippen LogP contribution in [0.5, 0.6) is 11.5 Å². The Labute approximate surface area is 155 Å². The van der Waals surface area contributed by atoms with E-state index in [0.29, 0.717) is 18.0 Å². The summed E-state index contributed by atoms with van der Waals surface area (Å²) < 4.78 is 20.4. The monoisotopic (exact) mass is 364 g/mol. The molecule has 0 bridgehead atoms. The van der Waals surface area contributed by atoms with E-state index < -0.39 is 0 Å². The minimum atomic E-state index is -0.382. The summed E-state index contributed by atoms with van der Waals surface area (Å²) in [7, 11) is 0. The van der Waals surface area contributed by atoms with E-state index in [1.54, 1.807) is 35.4 Å². The van der Waals surface area contributed by atoms with Crippen molar-refractivity contribution in [3.63, 3.8) is 0 Å². The highest BCUT2D eigenvalue weighted by molar-refractivity contribution is 5.88. The lowest BCUT2D eigenvalue weighted by molar-refractivity contribution is -0.120. The first kappa shape index (κ1) is 16.8. The van der Waals surface area contributed by atoms with Crippen LogP contribution in [0.3, 0.4) is 0 Å². The number of nitrogens with zero attached hydrogens (tertiary/aromatic N) is 3. The number of hydrogen-bond acceptors (Lipinski definition) is 4. The van der Waals surface area contributed by atoms with Crippen LogP contribution in [0.4, 0.5) is 4.39 Å². The highest BCUT2D eigenvalue weighted by atomic mass is 19.1. The van der Waals surface area contributed by atoms with Crippen molar-refractivity contribution >= 4 is 5.91 Å². The molecule has 1 atom stereocenters. The third kappa shape index (κ3) is 3.98. The molecular formula is C20H17FN4O2. The maximum absolute atomic E-state index is 13.0. The molecule has 27 heavy (non-hydrogen) atoms. The lowest BCUT2D eigenvalue weighted by Gasteiger charge is -2.33. The predicted octanol–water partition coefficient (Wildman–Crippen LogP) is 3.42. The molecule has 2 aromatic carbocycles. The quantitative estimate of drug-likeness (QED) is 0.754. The zero-order valence-electron chi connectivity index (χ0n) is 14.3. The van der Waals surface area contributed by atoms with E-state index in [2.05, 4.69) is 10.4 Å². The van der Waals surface area contributed by atoms with E-state index in [1.807, 2.05) is 35.2 Å². The van der Waals surface area contributed by atoms with Gasteiger partial charge in [0.25, 0.3) is 0 Å². The maximum Gasteiger partial charge on any atom is 0.248 e. The number of carbonyl (C=O) groups is 1. The Bertz CT molecular complexity index is 937. The third-order valence-corrected chi connectivity index (χ3v) is 4.12. The van der Waals surface area contributed by atoms with Crippen molar-refractivity contribution in [1.29, 1.82) is 0 Å². The first-order chi connectivity index (χ1) is 13.2. The van der Waals surface area contributed by atoms with Crippen LogP contribution in [-0.4, -0.2) is 20.6 Å². The summed E-state index contributed by atoms with van der Waals surface area (Å²) in [5.41, 5.74) is 1.04. The van der Waals surface area contributed by atoms with Crippen LogP contribution in [0, 0.1) is 5.82 Å². The maximum atomic E-state index is 13.0. The van der Waals surface area contributed by atoms with Gasteiger partial charge in [0.15, 0.2) is 0 Å². The molecule has 1 aliphatic heterocycles. The molecule has 1 amide bonds. The van der Waals surface area contributed by atoms with Crippen molar-refractivity contribution in [3.05, 3.63) is 90.6 Å². The van der Waals surface area contributed by atoms with E-state index in [9.17, 15) is 9.18 Å². The standard InChI is InChI=1S/C20H17FN4O2/c21-16-4-8-18(9-5-16)27-17-6-2-15(3-7-17)14-24-13-10-19(26)23-20(24)25-12-1-11-22-25/h1-13,20H,14H2,(H,23,26). The molecule has 4 rings (SSSR count). The molecule has 0 aliphatic carbocycles. The predicted molar refractivity (Wildman–Crippen MR) is 97.0 cm³/mol. The van der Waals surface area contributed by atoms with E-state index >= 15 is 0 Å². The zero-order chi connectivity index (χ0) is 18.6. The fourth-order valence-corrected chi connectivity index (χ4v) is 2.80. The van der Waals surface area contributed by atoms with Gasteiger partial charge in [-0.15, -0.1) is 0 Å². The van der Waals surface area contributed by atoms with Gasteiger partial charge in [0.2, 0.25) is 12.2 Å². The minimum Gasteiger partial charge on any atom is -0.457 e. The Morgan fingerprint density at radius 2 is 1.78 bits per heavy atom. The van der Waals surface area contributed by atoms with Gasteiger partial charge in [-0.1, -0.05) is 12.1 Å².